The second-order valence-corrected chi connectivity index (χ2v) is 5.72. The van der Waals surface area contributed by atoms with Crippen LogP contribution in [0.4, 0.5) is 5.95 Å². The van der Waals surface area contributed by atoms with E-state index in [2.05, 4.69) is 9.97 Å². The molecular formula is C15H19N3O2S. The first-order valence-electron chi connectivity index (χ1n) is 6.91. The molecule has 21 heavy (non-hydrogen) atoms. The molecule has 5 nitrogen and oxygen atoms in total. The van der Waals surface area contributed by atoms with Gasteiger partial charge in [0.2, 0.25) is 5.95 Å². The third-order valence-electron chi connectivity index (χ3n) is 3.06. The molecule has 0 saturated carbocycles. The van der Waals surface area contributed by atoms with Crippen LogP contribution < -0.4 is 4.90 Å². The maximum atomic E-state index is 11.9. The molecule has 0 aromatic carbocycles. The van der Waals surface area contributed by atoms with E-state index in [-0.39, 0.29) is 5.78 Å². The summed E-state index contributed by atoms with van der Waals surface area (Å²) in [4.78, 5) is 24.4. The van der Waals surface area contributed by atoms with Crippen LogP contribution in [-0.4, -0.2) is 28.8 Å². The van der Waals surface area contributed by atoms with Crippen molar-refractivity contribution in [2.45, 2.75) is 37.5 Å². The topological polar surface area (TPSA) is 59.2 Å². The predicted molar refractivity (Wildman–Crippen MR) is 83.2 cm³/mol. The molecular weight excluding hydrogens is 286 g/mol. The summed E-state index contributed by atoms with van der Waals surface area (Å²) in [5.74, 6) is 1.37. The number of Topliss-reactive ketones (excluding diaryl/α,β-unsaturated/α-hetero) is 1. The van der Waals surface area contributed by atoms with Gasteiger partial charge in [-0.3, -0.25) is 4.79 Å². The summed E-state index contributed by atoms with van der Waals surface area (Å²) >= 11 is 1.44. The van der Waals surface area contributed by atoms with Gasteiger partial charge in [0.15, 0.2) is 5.78 Å². The molecule has 0 saturated heterocycles. The Morgan fingerprint density at radius 2 is 2.10 bits per heavy atom. The molecule has 2 aromatic heterocycles. The van der Waals surface area contributed by atoms with Gasteiger partial charge >= 0.3 is 0 Å². The van der Waals surface area contributed by atoms with E-state index in [1.165, 1.54) is 18.7 Å². The average molecular weight is 305 g/mol. The number of aromatic nitrogens is 2. The van der Waals surface area contributed by atoms with Gasteiger partial charge in [-0.05, 0) is 26.8 Å². The summed E-state index contributed by atoms with van der Waals surface area (Å²) in [5.41, 5.74) is 0.454. The van der Waals surface area contributed by atoms with Crippen LogP contribution in [0, 0.1) is 6.92 Å². The molecule has 0 atom stereocenters. The largest absolute Gasteiger partial charge is 0.468 e. The molecule has 0 unspecified atom stereocenters. The van der Waals surface area contributed by atoms with Crippen LogP contribution in [0.15, 0.2) is 32.7 Å². The molecule has 0 fully saturated rings. The van der Waals surface area contributed by atoms with Gasteiger partial charge < -0.3 is 9.32 Å². The summed E-state index contributed by atoms with van der Waals surface area (Å²) < 4.78 is 5.28. The minimum Gasteiger partial charge on any atom is -0.468 e. The van der Waals surface area contributed by atoms with Crippen LogP contribution >= 0.6 is 11.8 Å². The monoisotopic (exact) mass is 305 g/mol. The first-order valence-corrected chi connectivity index (χ1v) is 7.72. The lowest BCUT2D eigenvalue weighted by atomic mass is 10.3. The summed E-state index contributed by atoms with van der Waals surface area (Å²) in [6, 6.07) is 1.92. The molecule has 2 rings (SSSR count). The summed E-state index contributed by atoms with van der Waals surface area (Å²) in [6.07, 6.45) is 3.38. The fraction of sp³-hybridized carbons (Fsp3) is 0.400. The number of rotatable bonds is 6. The number of aryl methyl sites for hydroxylation is 1. The first-order chi connectivity index (χ1) is 10.0. The van der Waals surface area contributed by atoms with Crippen LogP contribution in [0.3, 0.4) is 0 Å². The van der Waals surface area contributed by atoms with Crippen molar-refractivity contribution in [1.82, 2.24) is 9.97 Å². The molecule has 2 aromatic rings. The average Bonchev–Trinajstić information content (AvgIpc) is 2.86. The maximum absolute atomic E-state index is 11.9. The molecule has 2 heterocycles. The lowest BCUT2D eigenvalue weighted by Crippen LogP contribution is -2.25. The van der Waals surface area contributed by atoms with E-state index in [4.69, 9.17) is 4.42 Å². The van der Waals surface area contributed by atoms with Crippen molar-refractivity contribution in [1.29, 1.82) is 0 Å². The quantitative estimate of drug-likeness (QED) is 0.760. The van der Waals surface area contributed by atoms with E-state index in [0.29, 0.717) is 11.6 Å². The number of hydrogen-bond donors (Lipinski definition) is 0. The lowest BCUT2D eigenvalue weighted by molar-refractivity contribution is 0.101. The van der Waals surface area contributed by atoms with E-state index in [1.807, 2.05) is 31.7 Å². The first kappa shape index (κ1) is 15.6. The van der Waals surface area contributed by atoms with Crippen LogP contribution in [0.1, 0.15) is 37.0 Å². The fourth-order valence-electron chi connectivity index (χ4n) is 1.95. The molecule has 0 N–H and O–H groups in total. The highest BCUT2D eigenvalue weighted by Gasteiger charge is 2.15. The molecule has 0 bridgehead atoms. The number of ketones is 1. The lowest BCUT2D eigenvalue weighted by Gasteiger charge is -2.19. The Labute approximate surface area is 128 Å². The Kier molecular flexibility index (Phi) is 5.01. The Morgan fingerprint density at radius 1 is 1.38 bits per heavy atom. The Bertz CT molecular complexity index is 636. The SMILES string of the molecule is CCN(CC)c1ncc(Sc2coc(C)c2)c(C(C)=O)n1. The summed E-state index contributed by atoms with van der Waals surface area (Å²) in [6.45, 7) is 9.10. The highest BCUT2D eigenvalue weighted by Crippen LogP contribution is 2.31. The van der Waals surface area contributed by atoms with Gasteiger partial charge in [0, 0.05) is 26.2 Å². The van der Waals surface area contributed by atoms with Gasteiger partial charge in [0.1, 0.15) is 17.7 Å². The number of anilines is 1. The highest BCUT2D eigenvalue weighted by molar-refractivity contribution is 7.99. The summed E-state index contributed by atoms with van der Waals surface area (Å²) in [5, 5.41) is 0. The number of furan rings is 1. The molecule has 0 aliphatic carbocycles. The zero-order chi connectivity index (χ0) is 15.4. The van der Waals surface area contributed by atoms with Crippen LogP contribution in [0.2, 0.25) is 0 Å². The Morgan fingerprint density at radius 3 is 2.62 bits per heavy atom. The van der Waals surface area contributed by atoms with Gasteiger partial charge in [-0.25, -0.2) is 9.97 Å². The van der Waals surface area contributed by atoms with E-state index in [1.54, 1.807) is 12.5 Å². The van der Waals surface area contributed by atoms with Crippen molar-refractivity contribution in [3.8, 4) is 0 Å². The molecule has 0 spiro atoms. The molecule has 0 amide bonds. The maximum Gasteiger partial charge on any atom is 0.226 e. The van der Waals surface area contributed by atoms with Crippen molar-refractivity contribution < 1.29 is 9.21 Å². The van der Waals surface area contributed by atoms with Crippen LogP contribution in [0.25, 0.3) is 0 Å². The van der Waals surface area contributed by atoms with Gasteiger partial charge in [0.25, 0.3) is 0 Å². The van der Waals surface area contributed by atoms with E-state index < -0.39 is 0 Å². The molecule has 112 valence electrons. The number of carbonyl (C=O) groups excluding carboxylic acids is 1. The Hall–Kier alpha value is -1.82. The van der Waals surface area contributed by atoms with Crippen molar-refractivity contribution >= 4 is 23.5 Å². The van der Waals surface area contributed by atoms with E-state index in [0.717, 1.165) is 28.6 Å². The van der Waals surface area contributed by atoms with Gasteiger partial charge in [-0.15, -0.1) is 0 Å². The minimum atomic E-state index is -0.0616. The zero-order valence-electron chi connectivity index (χ0n) is 12.7. The van der Waals surface area contributed by atoms with Crippen molar-refractivity contribution in [3.05, 3.63) is 30.0 Å². The molecule has 6 heteroatoms. The van der Waals surface area contributed by atoms with Gasteiger partial charge in [-0.2, -0.15) is 0 Å². The normalized spacial score (nSPS) is 10.7. The third kappa shape index (κ3) is 3.64. The molecule has 0 radical (unpaired) electrons. The molecule has 0 aliphatic rings. The fourth-order valence-corrected chi connectivity index (χ4v) is 2.91. The van der Waals surface area contributed by atoms with Crippen molar-refractivity contribution in [3.63, 3.8) is 0 Å². The Balaban J connectivity index is 2.35. The standard InChI is InChI=1S/C15H19N3O2S/c1-5-18(6-2)15-16-8-13(14(17-15)11(4)19)21-12-7-10(3)20-9-12/h7-9H,5-6H2,1-4H3. The van der Waals surface area contributed by atoms with Gasteiger partial charge in [-0.1, -0.05) is 11.8 Å². The van der Waals surface area contributed by atoms with Crippen LogP contribution in [-0.2, 0) is 0 Å². The second-order valence-electron chi connectivity index (χ2n) is 4.61. The number of nitrogens with zero attached hydrogens (tertiary/aromatic N) is 3. The van der Waals surface area contributed by atoms with E-state index in [9.17, 15) is 4.79 Å². The summed E-state index contributed by atoms with van der Waals surface area (Å²) in [7, 11) is 0. The van der Waals surface area contributed by atoms with Crippen molar-refractivity contribution in [2.75, 3.05) is 18.0 Å². The van der Waals surface area contributed by atoms with Crippen LogP contribution in [0.5, 0.6) is 0 Å². The van der Waals surface area contributed by atoms with Crippen molar-refractivity contribution in [2.24, 2.45) is 0 Å². The smallest absolute Gasteiger partial charge is 0.226 e. The number of carbonyl (C=O) groups is 1. The highest BCUT2D eigenvalue weighted by atomic mass is 32.2. The minimum absolute atomic E-state index is 0.0616. The van der Waals surface area contributed by atoms with Gasteiger partial charge in [0.05, 0.1) is 9.79 Å². The van der Waals surface area contributed by atoms with E-state index >= 15 is 0 Å². The molecule has 0 aliphatic heterocycles. The zero-order valence-corrected chi connectivity index (χ0v) is 13.5. The third-order valence-corrected chi connectivity index (χ3v) is 4.02. The second kappa shape index (κ2) is 6.76. The predicted octanol–water partition coefficient (Wildman–Crippen LogP) is 3.58. The number of hydrogen-bond acceptors (Lipinski definition) is 6.